The van der Waals surface area contributed by atoms with Crippen molar-refractivity contribution in [2.24, 2.45) is 0 Å². The molecule has 0 aliphatic carbocycles. The lowest BCUT2D eigenvalue weighted by molar-refractivity contribution is 0.306. The Labute approximate surface area is 102 Å². The van der Waals surface area contributed by atoms with Crippen LogP contribution in [0.1, 0.15) is 6.92 Å². The van der Waals surface area contributed by atoms with Crippen molar-refractivity contribution in [1.29, 1.82) is 0 Å². The third-order valence-electron chi connectivity index (χ3n) is 2.17. The molecule has 1 aromatic rings. The van der Waals surface area contributed by atoms with Crippen LogP contribution in [0.5, 0.6) is 5.75 Å². The van der Waals surface area contributed by atoms with Gasteiger partial charge in [0.2, 0.25) is 0 Å². The number of hydrogen-bond acceptors (Lipinski definition) is 3. The minimum atomic E-state index is 0.452. The molecule has 1 rings (SSSR count). The SMILES string of the molecule is CNCC(C)NCCOc1cccc(Cl)c1. The fourth-order valence-electron chi connectivity index (χ4n) is 1.41. The van der Waals surface area contributed by atoms with Crippen LogP contribution in [0.15, 0.2) is 24.3 Å². The normalized spacial score (nSPS) is 12.4. The summed E-state index contributed by atoms with van der Waals surface area (Å²) in [6.07, 6.45) is 0. The molecule has 1 aromatic carbocycles. The van der Waals surface area contributed by atoms with Crippen molar-refractivity contribution < 1.29 is 4.74 Å². The van der Waals surface area contributed by atoms with Crippen LogP contribution in [0, 0.1) is 0 Å². The molecule has 1 unspecified atom stereocenters. The van der Waals surface area contributed by atoms with Crippen molar-refractivity contribution in [2.75, 3.05) is 26.7 Å². The molecular formula is C12H19ClN2O. The molecule has 3 nitrogen and oxygen atoms in total. The summed E-state index contributed by atoms with van der Waals surface area (Å²) in [5.74, 6) is 0.815. The number of likely N-dealkylation sites (N-methyl/N-ethyl adjacent to an activating group) is 1. The minimum absolute atomic E-state index is 0.452. The smallest absolute Gasteiger partial charge is 0.120 e. The van der Waals surface area contributed by atoms with Gasteiger partial charge < -0.3 is 15.4 Å². The zero-order valence-electron chi connectivity index (χ0n) is 9.79. The lowest BCUT2D eigenvalue weighted by Crippen LogP contribution is -2.37. The fraction of sp³-hybridized carbons (Fsp3) is 0.500. The van der Waals surface area contributed by atoms with Gasteiger partial charge in [-0.15, -0.1) is 0 Å². The lowest BCUT2D eigenvalue weighted by Gasteiger charge is -2.13. The third kappa shape index (κ3) is 5.35. The van der Waals surface area contributed by atoms with Crippen molar-refractivity contribution in [2.45, 2.75) is 13.0 Å². The van der Waals surface area contributed by atoms with E-state index in [4.69, 9.17) is 16.3 Å². The molecule has 90 valence electrons. The molecular weight excluding hydrogens is 224 g/mol. The Balaban J connectivity index is 2.16. The quantitative estimate of drug-likeness (QED) is 0.717. The standard InChI is InChI=1S/C12H19ClN2O/c1-10(9-14-2)15-6-7-16-12-5-3-4-11(13)8-12/h3-5,8,10,14-15H,6-7,9H2,1-2H3. The number of halogens is 1. The van der Waals surface area contributed by atoms with Crippen LogP contribution in [0.4, 0.5) is 0 Å². The molecule has 0 radical (unpaired) electrons. The zero-order chi connectivity index (χ0) is 11.8. The van der Waals surface area contributed by atoms with Gasteiger partial charge in [0.1, 0.15) is 12.4 Å². The Hall–Kier alpha value is -0.770. The van der Waals surface area contributed by atoms with E-state index in [1.54, 1.807) is 0 Å². The predicted octanol–water partition coefficient (Wildman–Crippen LogP) is 1.92. The van der Waals surface area contributed by atoms with Gasteiger partial charge in [-0.3, -0.25) is 0 Å². The van der Waals surface area contributed by atoms with Crippen molar-refractivity contribution >= 4 is 11.6 Å². The van der Waals surface area contributed by atoms with Gasteiger partial charge in [0.15, 0.2) is 0 Å². The number of ether oxygens (including phenoxy) is 1. The number of rotatable bonds is 7. The van der Waals surface area contributed by atoms with Gasteiger partial charge >= 0.3 is 0 Å². The van der Waals surface area contributed by atoms with Crippen LogP contribution in [-0.4, -0.2) is 32.8 Å². The first kappa shape index (κ1) is 13.3. The Morgan fingerprint density at radius 1 is 1.44 bits per heavy atom. The summed E-state index contributed by atoms with van der Waals surface area (Å²) in [4.78, 5) is 0. The third-order valence-corrected chi connectivity index (χ3v) is 2.41. The van der Waals surface area contributed by atoms with Gasteiger partial charge in [0.05, 0.1) is 0 Å². The summed E-state index contributed by atoms with van der Waals surface area (Å²) >= 11 is 5.85. The predicted molar refractivity (Wildman–Crippen MR) is 68.3 cm³/mol. The van der Waals surface area contributed by atoms with Crippen molar-refractivity contribution in [3.05, 3.63) is 29.3 Å². The Kier molecular flexibility index (Phi) is 6.23. The van der Waals surface area contributed by atoms with E-state index in [0.717, 1.165) is 18.8 Å². The molecule has 0 fully saturated rings. The van der Waals surface area contributed by atoms with E-state index in [-0.39, 0.29) is 0 Å². The van der Waals surface area contributed by atoms with E-state index >= 15 is 0 Å². The molecule has 0 heterocycles. The number of nitrogens with one attached hydrogen (secondary N) is 2. The minimum Gasteiger partial charge on any atom is -0.492 e. The Morgan fingerprint density at radius 2 is 2.25 bits per heavy atom. The molecule has 1 atom stereocenters. The van der Waals surface area contributed by atoms with Gasteiger partial charge in [-0.05, 0) is 32.2 Å². The maximum absolute atomic E-state index is 5.85. The highest BCUT2D eigenvalue weighted by Crippen LogP contribution is 2.16. The van der Waals surface area contributed by atoms with Crippen LogP contribution in [-0.2, 0) is 0 Å². The number of benzene rings is 1. The van der Waals surface area contributed by atoms with Crippen LogP contribution in [0.2, 0.25) is 5.02 Å². The first-order chi connectivity index (χ1) is 7.72. The number of hydrogen-bond donors (Lipinski definition) is 2. The molecule has 4 heteroatoms. The first-order valence-electron chi connectivity index (χ1n) is 5.48. The van der Waals surface area contributed by atoms with Crippen molar-refractivity contribution in [3.63, 3.8) is 0 Å². The van der Waals surface area contributed by atoms with E-state index in [1.807, 2.05) is 31.3 Å². The monoisotopic (exact) mass is 242 g/mol. The van der Waals surface area contributed by atoms with Crippen LogP contribution in [0.3, 0.4) is 0 Å². The molecule has 0 saturated carbocycles. The average molecular weight is 243 g/mol. The molecule has 0 aromatic heterocycles. The lowest BCUT2D eigenvalue weighted by atomic mass is 10.3. The molecule has 0 saturated heterocycles. The topological polar surface area (TPSA) is 33.3 Å². The molecule has 0 aliphatic heterocycles. The Morgan fingerprint density at radius 3 is 2.94 bits per heavy atom. The molecule has 0 amide bonds. The van der Waals surface area contributed by atoms with E-state index in [1.165, 1.54) is 0 Å². The summed E-state index contributed by atoms with van der Waals surface area (Å²) in [7, 11) is 1.95. The van der Waals surface area contributed by atoms with Crippen LogP contribution < -0.4 is 15.4 Å². The second-order valence-electron chi connectivity index (χ2n) is 3.72. The van der Waals surface area contributed by atoms with Crippen molar-refractivity contribution in [3.8, 4) is 5.75 Å². The molecule has 0 spiro atoms. The summed E-state index contributed by atoms with van der Waals surface area (Å²) in [6.45, 7) is 4.57. The largest absolute Gasteiger partial charge is 0.492 e. The fourth-order valence-corrected chi connectivity index (χ4v) is 1.59. The maximum Gasteiger partial charge on any atom is 0.120 e. The maximum atomic E-state index is 5.85. The van der Waals surface area contributed by atoms with E-state index in [2.05, 4.69) is 17.6 Å². The van der Waals surface area contributed by atoms with E-state index in [0.29, 0.717) is 17.7 Å². The average Bonchev–Trinajstić information content (AvgIpc) is 2.25. The van der Waals surface area contributed by atoms with Gasteiger partial charge in [-0.25, -0.2) is 0 Å². The highest BCUT2D eigenvalue weighted by Gasteiger charge is 1.99. The van der Waals surface area contributed by atoms with E-state index in [9.17, 15) is 0 Å². The highest BCUT2D eigenvalue weighted by molar-refractivity contribution is 6.30. The second-order valence-corrected chi connectivity index (χ2v) is 4.16. The molecule has 2 N–H and O–H groups in total. The summed E-state index contributed by atoms with van der Waals surface area (Å²) < 4.78 is 5.55. The molecule has 16 heavy (non-hydrogen) atoms. The summed E-state index contributed by atoms with van der Waals surface area (Å²) in [5, 5.41) is 7.16. The van der Waals surface area contributed by atoms with Gasteiger partial charge in [-0.2, -0.15) is 0 Å². The second kappa shape index (κ2) is 7.49. The molecule has 0 aliphatic rings. The van der Waals surface area contributed by atoms with Crippen LogP contribution in [0.25, 0.3) is 0 Å². The summed E-state index contributed by atoms with van der Waals surface area (Å²) in [6, 6.07) is 7.89. The van der Waals surface area contributed by atoms with Gasteiger partial charge in [0, 0.05) is 24.2 Å². The van der Waals surface area contributed by atoms with Crippen molar-refractivity contribution in [1.82, 2.24) is 10.6 Å². The Bertz CT molecular complexity index is 307. The van der Waals surface area contributed by atoms with Gasteiger partial charge in [0.25, 0.3) is 0 Å². The van der Waals surface area contributed by atoms with Crippen LogP contribution >= 0.6 is 11.6 Å². The summed E-state index contributed by atoms with van der Waals surface area (Å²) in [5.41, 5.74) is 0. The van der Waals surface area contributed by atoms with E-state index < -0.39 is 0 Å². The zero-order valence-corrected chi connectivity index (χ0v) is 10.6. The highest BCUT2D eigenvalue weighted by atomic mass is 35.5. The first-order valence-corrected chi connectivity index (χ1v) is 5.86. The van der Waals surface area contributed by atoms with Gasteiger partial charge in [-0.1, -0.05) is 17.7 Å². The molecule has 0 bridgehead atoms.